The molecule has 0 atom stereocenters. The second-order valence-electron chi connectivity index (χ2n) is 5.57. The number of rotatable bonds is 5. The second-order valence-corrected chi connectivity index (χ2v) is 5.57. The predicted octanol–water partition coefficient (Wildman–Crippen LogP) is 1.86. The lowest BCUT2D eigenvalue weighted by Gasteiger charge is -2.36. The van der Waals surface area contributed by atoms with Gasteiger partial charge in [-0.3, -0.25) is 10.1 Å². The number of nitrogens with one attached hydrogen (secondary N) is 1. The maximum Gasteiger partial charge on any atom is 0.276 e. The summed E-state index contributed by atoms with van der Waals surface area (Å²) in [6.07, 6.45) is 4.67. The molecule has 0 radical (unpaired) electrons. The van der Waals surface area contributed by atoms with E-state index in [1.54, 1.807) is 0 Å². The van der Waals surface area contributed by atoms with Crippen molar-refractivity contribution in [2.75, 3.05) is 31.7 Å². The van der Waals surface area contributed by atoms with E-state index in [2.05, 4.69) is 29.3 Å². The van der Waals surface area contributed by atoms with Crippen LogP contribution in [-0.2, 0) is 0 Å². The van der Waals surface area contributed by atoms with E-state index in [4.69, 9.17) is 5.73 Å². The number of aromatic nitrogens is 1. The van der Waals surface area contributed by atoms with E-state index >= 15 is 0 Å². The van der Waals surface area contributed by atoms with Crippen LogP contribution in [0.5, 0.6) is 0 Å². The zero-order valence-corrected chi connectivity index (χ0v) is 11.9. The molecule has 0 unspecified atom stereocenters. The molecule has 2 rings (SSSR count). The number of nitrogen functional groups attached to an aromatic ring is 1. The first-order valence-electron chi connectivity index (χ1n) is 6.76. The molecule has 1 fully saturated rings. The molecule has 1 heterocycles. The summed E-state index contributed by atoms with van der Waals surface area (Å²) < 4.78 is 0. The van der Waals surface area contributed by atoms with Crippen molar-refractivity contribution in [3.8, 4) is 0 Å². The number of hydrogen-bond acceptors (Lipinski definition) is 6. The first-order chi connectivity index (χ1) is 9.43. The molecule has 20 heavy (non-hydrogen) atoms. The number of nitrogens with two attached hydrogens (primary N) is 1. The zero-order chi connectivity index (χ0) is 14.8. The third-order valence-electron chi connectivity index (χ3n) is 4.12. The smallest absolute Gasteiger partial charge is 0.276 e. The fourth-order valence-electron chi connectivity index (χ4n) is 2.80. The topological polar surface area (TPSA) is 97.3 Å². The summed E-state index contributed by atoms with van der Waals surface area (Å²) in [4.78, 5) is 16.7. The van der Waals surface area contributed by atoms with Crippen LogP contribution in [0.3, 0.4) is 0 Å². The van der Waals surface area contributed by atoms with Crippen LogP contribution >= 0.6 is 0 Å². The highest BCUT2D eigenvalue weighted by atomic mass is 16.6. The van der Waals surface area contributed by atoms with Crippen LogP contribution in [0.2, 0.25) is 0 Å². The van der Waals surface area contributed by atoms with E-state index in [9.17, 15) is 10.1 Å². The molecular formula is C13H21N5O2. The molecule has 110 valence electrons. The highest BCUT2D eigenvalue weighted by molar-refractivity contribution is 5.52. The van der Waals surface area contributed by atoms with Crippen LogP contribution in [0, 0.1) is 10.1 Å². The average Bonchev–Trinajstić information content (AvgIpc) is 2.86. The largest absolute Gasteiger partial charge is 0.383 e. The maximum absolute atomic E-state index is 10.8. The molecule has 0 aromatic carbocycles. The van der Waals surface area contributed by atoms with Gasteiger partial charge in [0.25, 0.3) is 5.69 Å². The molecule has 0 amide bonds. The van der Waals surface area contributed by atoms with Gasteiger partial charge in [-0.1, -0.05) is 12.8 Å². The standard InChI is InChI=1S/C13H21N5O2/c1-17(2)13(5-3-4-6-13)9-15-12-8-10(18(19)20)7-11(14)16-12/h7-8H,3-6,9H2,1-2H3,(H3,14,15,16). The molecule has 0 bridgehead atoms. The number of anilines is 2. The first-order valence-corrected chi connectivity index (χ1v) is 6.76. The summed E-state index contributed by atoms with van der Waals surface area (Å²) in [5.41, 5.74) is 5.67. The Kier molecular flexibility index (Phi) is 4.08. The van der Waals surface area contributed by atoms with E-state index in [-0.39, 0.29) is 17.0 Å². The predicted molar refractivity (Wildman–Crippen MR) is 78.7 cm³/mol. The molecule has 1 aromatic rings. The molecule has 0 aliphatic heterocycles. The molecule has 3 N–H and O–H groups in total. The van der Waals surface area contributed by atoms with Crippen molar-refractivity contribution < 1.29 is 4.92 Å². The minimum Gasteiger partial charge on any atom is -0.383 e. The minimum atomic E-state index is -0.458. The Hall–Kier alpha value is -1.89. The van der Waals surface area contributed by atoms with Crippen LogP contribution in [0.15, 0.2) is 12.1 Å². The molecule has 1 aliphatic carbocycles. The van der Waals surface area contributed by atoms with Crippen LogP contribution in [0.4, 0.5) is 17.3 Å². The van der Waals surface area contributed by atoms with Gasteiger partial charge >= 0.3 is 0 Å². The Labute approximate surface area is 118 Å². The average molecular weight is 279 g/mol. The van der Waals surface area contributed by atoms with Crippen LogP contribution < -0.4 is 11.1 Å². The van der Waals surface area contributed by atoms with Gasteiger partial charge in [0.2, 0.25) is 0 Å². The van der Waals surface area contributed by atoms with Crippen molar-refractivity contribution in [2.24, 2.45) is 0 Å². The van der Waals surface area contributed by atoms with E-state index < -0.39 is 4.92 Å². The van der Waals surface area contributed by atoms with Crippen molar-refractivity contribution >= 4 is 17.3 Å². The SMILES string of the molecule is CN(C)C1(CNc2cc([N+](=O)[O-])cc(N)n2)CCCC1. The maximum atomic E-state index is 10.8. The van der Waals surface area contributed by atoms with Crippen LogP contribution in [0.25, 0.3) is 0 Å². The van der Waals surface area contributed by atoms with Crippen LogP contribution in [-0.4, -0.2) is 41.0 Å². The minimum absolute atomic E-state index is 0.0367. The Morgan fingerprint density at radius 3 is 2.65 bits per heavy atom. The van der Waals surface area contributed by atoms with Gasteiger partial charge in [-0.25, -0.2) is 4.98 Å². The fraction of sp³-hybridized carbons (Fsp3) is 0.615. The van der Waals surface area contributed by atoms with Gasteiger partial charge in [-0.15, -0.1) is 0 Å². The summed E-state index contributed by atoms with van der Waals surface area (Å²) in [7, 11) is 4.14. The van der Waals surface area contributed by atoms with Gasteiger partial charge in [-0.05, 0) is 26.9 Å². The Morgan fingerprint density at radius 1 is 1.45 bits per heavy atom. The summed E-state index contributed by atoms with van der Waals surface area (Å²) in [5.74, 6) is 0.622. The highest BCUT2D eigenvalue weighted by Gasteiger charge is 2.35. The van der Waals surface area contributed by atoms with Crippen molar-refractivity contribution in [1.29, 1.82) is 0 Å². The Morgan fingerprint density at radius 2 is 2.10 bits per heavy atom. The molecule has 1 aliphatic rings. The van der Waals surface area contributed by atoms with Gasteiger partial charge in [-0.2, -0.15) is 0 Å². The summed E-state index contributed by atoms with van der Waals surface area (Å²) in [6, 6.07) is 2.69. The van der Waals surface area contributed by atoms with Gasteiger partial charge in [0, 0.05) is 12.1 Å². The van der Waals surface area contributed by atoms with Gasteiger partial charge in [0.05, 0.1) is 17.1 Å². The number of pyridine rings is 1. The third-order valence-corrected chi connectivity index (χ3v) is 4.12. The molecule has 1 aromatic heterocycles. The molecule has 0 saturated heterocycles. The summed E-state index contributed by atoms with van der Waals surface area (Å²) >= 11 is 0. The molecule has 7 heteroatoms. The number of hydrogen-bond donors (Lipinski definition) is 2. The van der Waals surface area contributed by atoms with Gasteiger partial charge in [0.15, 0.2) is 0 Å². The lowest BCUT2D eigenvalue weighted by Crippen LogP contribution is -2.47. The molecule has 0 spiro atoms. The Balaban J connectivity index is 2.12. The second kappa shape index (κ2) is 5.62. The molecular weight excluding hydrogens is 258 g/mol. The van der Waals surface area contributed by atoms with Gasteiger partial charge < -0.3 is 16.0 Å². The van der Waals surface area contributed by atoms with E-state index in [1.807, 2.05) is 0 Å². The summed E-state index contributed by atoms with van der Waals surface area (Å²) in [6.45, 7) is 0.716. The lowest BCUT2D eigenvalue weighted by atomic mass is 9.96. The van der Waals surface area contributed by atoms with E-state index in [1.165, 1.54) is 25.0 Å². The first kappa shape index (κ1) is 14.5. The fourth-order valence-corrected chi connectivity index (χ4v) is 2.80. The zero-order valence-electron chi connectivity index (χ0n) is 11.9. The van der Waals surface area contributed by atoms with E-state index in [0.29, 0.717) is 12.4 Å². The monoisotopic (exact) mass is 279 g/mol. The third kappa shape index (κ3) is 2.98. The number of likely N-dealkylation sites (N-methyl/N-ethyl adjacent to an activating group) is 1. The molecule has 1 saturated carbocycles. The Bertz CT molecular complexity index is 498. The van der Waals surface area contributed by atoms with Crippen molar-refractivity contribution in [1.82, 2.24) is 9.88 Å². The van der Waals surface area contributed by atoms with E-state index in [0.717, 1.165) is 12.8 Å². The highest BCUT2D eigenvalue weighted by Crippen LogP contribution is 2.34. The normalized spacial score (nSPS) is 17.4. The van der Waals surface area contributed by atoms with Crippen molar-refractivity contribution in [3.05, 3.63) is 22.2 Å². The van der Waals surface area contributed by atoms with Crippen LogP contribution in [0.1, 0.15) is 25.7 Å². The number of nitro groups is 1. The van der Waals surface area contributed by atoms with Crippen molar-refractivity contribution in [2.45, 2.75) is 31.2 Å². The quantitative estimate of drug-likeness (QED) is 0.630. The molecule has 7 nitrogen and oxygen atoms in total. The summed E-state index contributed by atoms with van der Waals surface area (Å²) in [5, 5.41) is 14.0. The van der Waals surface area contributed by atoms with Crippen molar-refractivity contribution in [3.63, 3.8) is 0 Å². The lowest BCUT2D eigenvalue weighted by molar-refractivity contribution is -0.384. The number of nitrogens with zero attached hydrogens (tertiary/aromatic N) is 3. The van der Waals surface area contributed by atoms with Gasteiger partial charge in [0.1, 0.15) is 11.6 Å².